The number of methoxy groups -OCH3 is 1. The summed E-state index contributed by atoms with van der Waals surface area (Å²) in [5.41, 5.74) is 4.87. The molecule has 0 saturated heterocycles. The van der Waals surface area contributed by atoms with Crippen molar-refractivity contribution in [2.75, 3.05) is 12.4 Å². The summed E-state index contributed by atoms with van der Waals surface area (Å²) in [6.07, 6.45) is 7.61. The number of nitrogens with one attached hydrogen (secondary N) is 1. The van der Waals surface area contributed by atoms with Crippen molar-refractivity contribution in [3.05, 3.63) is 55.0 Å². The van der Waals surface area contributed by atoms with Gasteiger partial charge in [-0.05, 0) is 37.7 Å². The van der Waals surface area contributed by atoms with Crippen LogP contribution in [0.3, 0.4) is 0 Å². The Labute approximate surface area is 198 Å². The van der Waals surface area contributed by atoms with Gasteiger partial charge in [0.1, 0.15) is 17.8 Å². The summed E-state index contributed by atoms with van der Waals surface area (Å²) in [5, 5.41) is 8.87. The summed E-state index contributed by atoms with van der Waals surface area (Å²) in [5.74, 6) is 1.43. The maximum absolute atomic E-state index is 13.0. The van der Waals surface area contributed by atoms with E-state index in [4.69, 9.17) is 9.84 Å². The van der Waals surface area contributed by atoms with E-state index in [0.29, 0.717) is 11.4 Å². The minimum absolute atomic E-state index is 0.0896. The van der Waals surface area contributed by atoms with Crippen LogP contribution in [0.25, 0.3) is 33.4 Å². The molecule has 2 bridgehead atoms. The fourth-order valence-corrected chi connectivity index (χ4v) is 5.32. The molecule has 1 amide bonds. The zero-order valence-corrected chi connectivity index (χ0v) is 19.4. The molecule has 7 heteroatoms. The monoisotopic (exact) mass is 453 g/mol. The van der Waals surface area contributed by atoms with Gasteiger partial charge >= 0.3 is 0 Å². The van der Waals surface area contributed by atoms with E-state index < -0.39 is 0 Å². The first kappa shape index (κ1) is 20.8. The third-order valence-electron chi connectivity index (χ3n) is 7.24. The van der Waals surface area contributed by atoms with E-state index in [1.807, 2.05) is 35.0 Å². The molecule has 7 rings (SSSR count). The fourth-order valence-electron chi connectivity index (χ4n) is 5.32. The van der Waals surface area contributed by atoms with Gasteiger partial charge in [-0.2, -0.15) is 5.10 Å². The molecule has 172 valence electrons. The lowest BCUT2D eigenvalue weighted by Crippen LogP contribution is -2.58. The largest absolute Gasteiger partial charge is 0.494 e. The number of rotatable bonds is 7. The molecule has 3 aliphatic rings. The van der Waals surface area contributed by atoms with Crippen molar-refractivity contribution in [3.8, 4) is 28.3 Å². The molecule has 0 atom stereocenters. The van der Waals surface area contributed by atoms with E-state index in [1.165, 1.54) is 0 Å². The first-order valence-corrected chi connectivity index (χ1v) is 11.9. The van der Waals surface area contributed by atoms with Gasteiger partial charge in [0.05, 0.1) is 29.4 Å². The molecule has 2 aromatic heterocycles. The van der Waals surface area contributed by atoms with Gasteiger partial charge < -0.3 is 10.1 Å². The quantitative estimate of drug-likeness (QED) is 0.410. The number of amides is 1. The summed E-state index contributed by atoms with van der Waals surface area (Å²) in [6.45, 7) is 2.96. The Morgan fingerprint density at radius 2 is 1.94 bits per heavy atom. The van der Waals surface area contributed by atoms with Gasteiger partial charge in [-0.3, -0.25) is 9.48 Å². The van der Waals surface area contributed by atoms with Crippen molar-refractivity contribution >= 4 is 22.5 Å². The molecule has 1 N–H and O–H groups in total. The number of benzene rings is 2. The van der Waals surface area contributed by atoms with Crippen LogP contribution in [0.15, 0.2) is 55.0 Å². The van der Waals surface area contributed by atoms with Crippen LogP contribution in [0.2, 0.25) is 0 Å². The van der Waals surface area contributed by atoms with E-state index in [1.54, 1.807) is 13.4 Å². The molecule has 3 saturated carbocycles. The maximum Gasteiger partial charge on any atom is 0.230 e. The molecule has 34 heavy (non-hydrogen) atoms. The van der Waals surface area contributed by atoms with Crippen LogP contribution < -0.4 is 10.1 Å². The average molecular weight is 454 g/mol. The Balaban J connectivity index is 1.48. The number of aromatic nitrogens is 4. The predicted molar refractivity (Wildman–Crippen MR) is 131 cm³/mol. The highest BCUT2D eigenvalue weighted by atomic mass is 16.5. The lowest BCUT2D eigenvalue weighted by Gasteiger charge is -2.60. The van der Waals surface area contributed by atoms with Gasteiger partial charge in [0, 0.05) is 35.3 Å². The topological polar surface area (TPSA) is 81.9 Å². The van der Waals surface area contributed by atoms with Crippen molar-refractivity contribution in [2.24, 2.45) is 11.3 Å². The number of carbonyl (C=O) groups is 1. The van der Waals surface area contributed by atoms with Crippen LogP contribution in [0.1, 0.15) is 32.6 Å². The van der Waals surface area contributed by atoms with Crippen LogP contribution in [-0.4, -0.2) is 32.8 Å². The molecule has 0 aliphatic heterocycles. The van der Waals surface area contributed by atoms with Crippen molar-refractivity contribution in [1.29, 1.82) is 0 Å². The van der Waals surface area contributed by atoms with Crippen molar-refractivity contribution < 1.29 is 9.53 Å². The second kappa shape index (κ2) is 7.94. The molecule has 3 aliphatic carbocycles. The molecular formula is C27H27N5O2. The highest BCUT2D eigenvalue weighted by Crippen LogP contribution is 2.64. The highest BCUT2D eigenvalue weighted by Gasteiger charge is 2.61. The summed E-state index contributed by atoms with van der Waals surface area (Å²) in [6, 6.07) is 14.0. The van der Waals surface area contributed by atoms with E-state index in [0.717, 1.165) is 71.6 Å². The van der Waals surface area contributed by atoms with Crippen LogP contribution in [0.5, 0.6) is 5.75 Å². The summed E-state index contributed by atoms with van der Waals surface area (Å²) in [7, 11) is 1.61. The molecule has 2 aromatic carbocycles. The van der Waals surface area contributed by atoms with Gasteiger partial charge in [-0.25, -0.2) is 9.97 Å². The van der Waals surface area contributed by atoms with Crippen LogP contribution >= 0.6 is 0 Å². The number of hydrogen-bond donors (Lipinski definition) is 1. The van der Waals surface area contributed by atoms with Gasteiger partial charge in [0.25, 0.3) is 0 Å². The molecule has 2 heterocycles. The summed E-state index contributed by atoms with van der Waals surface area (Å²) in [4.78, 5) is 22.2. The SMILES string of the molecule is CCCn1cc(-c2ncnc3cc(OC)c(NC(=O)C45CC(C4)C5)cc23)c(-c2ccccc2)n1. The first-order chi connectivity index (χ1) is 16.6. The Morgan fingerprint density at radius 1 is 1.15 bits per heavy atom. The van der Waals surface area contributed by atoms with E-state index in [2.05, 4.69) is 40.5 Å². The summed E-state index contributed by atoms with van der Waals surface area (Å²) >= 11 is 0. The number of aryl methyl sites for hydroxylation is 1. The number of hydrogen-bond acceptors (Lipinski definition) is 5. The lowest BCUT2D eigenvalue weighted by atomic mass is 9.44. The number of fused-ring (bicyclic) bond motifs is 1. The standard InChI is InChI=1S/C27H27N5O2/c1-3-9-32-15-20(24(31-32)18-7-5-4-6-8-18)25-19-10-22(23(34-2)11-21(19)28-16-29-25)30-26(33)27-12-17(13-27)14-27/h4-8,10-11,15-17H,3,9,12-14H2,1-2H3,(H,30,33). The molecule has 0 spiro atoms. The number of anilines is 1. The van der Waals surface area contributed by atoms with Crippen molar-refractivity contribution in [2.45, 2.75) is 39.2 Å². The number of carbonyl (C=O) groups excluding carboxylic acids is 1. The minimum atomic E-state index is -0.178. The molecule has 0 radical (unpaired) electrons. The van der Waals surface area contributed by atoms with Gasteiger partial charge in [0.2, 0.25) is 5.91 Å². The molecular weight excluding hydrogens is 426 g/mol. The Kier molecular flexibility index (Phi) is 4.86. The zero-order chi connectivity index (χ0) is 23.3. The predicted octanol–water partition coefficient (Wildman–Crippen LogP) is 5.32. The fraction of sp³-hybridized carbons (Fsp3) is 0.333. The average Bonchev–Trinajstić information content (AvgIpc) is 3.20. The van der Waals surface area contributed by atoms with Gasteiger partial charge in [-0.1, -0.05) is 37.3 Å². The summed E-state index contributed by atoms with van der Waals surface area (Å²) < 4.78 is 7.59. The normalized spacial score (nSPS) is 20.5. The third kappa shape index (κ3) is 3.26. The van der Waals surface area contributed by atoms with Crippen LogP contribution in [0.4, 0.5) is 5.69 Å². The van der Waals surface area contributed by atoms with E-state index in [-0.39, 0.29) is 11.3 Å². The third-order valence-corrected chi connectivity index (χ3v) is 7.24. The first-order valence-electron chi connectivity index (χ1n) is 11.9. The van der Waals surface area contributed by atoms with Crippen LogP contribution in [-0.2, 0) is 11.3 Å². The van der Waals surface area contributed by atoms with E-state index in [9.17, 15) is 4.79 Å². The Bertz CT molecular complexity index is 1380. The molecule has 0 unspecified atom stereocenters. The molecule has 3 fully saturated rings. The minimum Gasteiger partial charge on any atom is -0.494 e. The van der Waals surface area contributed by atoms with Crippen molar-refractivity contribution in [1.82, 2.24) is 19.7 Å². The molecule has 4 aromatic rings. The zero-order valence-electron chi connectivity index (χ0n) is 19.4. The Hall–Kier alpha value is -3.74. The second-order valence-corrected chi connectivity index (χ2v) is 9.53. The number of nitrogens with zero attached hydrogens (tertiary/aromatic N) is 4. The number of ether oxygens (including phenoxy) is 1. The second-order valence-electron chi connectivity index (χ2n) is 9.53. The Morgan fingerprint density at radius 3 is 2.62 bits per heavy atom. The lowest BCUT2D eigenvalue weighted by molar-refractivity contribution is -0.158. The smallest absolute Gasteiger partial charge is 0.230 e. The van der Waals surface area contributed by atoms with Gasteiger partial charge in [0.15, 0.2) is 0 Å². The van der Waals surface area contributed by atoms with Crippen molar-refractivity contribution in [3.63, 3.8) is 0 Å². The van der Waals surface area contributed by atoms with Crippen LogP contribution in [0, 0.1) is 11.3 Å². The van der Waals surface area contributed by atoms with Gasteiger partial charge in [-0.15, -0.1) is 0 Å². The highest BCUT2D eigenvalue weighted by molar-refractivity contribution is 6.03. The maximum atomic E-state index is 13.0. The molecule has 7 nitrogen and oxygen atoms in total. The van der Waals surface area contributed by atoms with E-state index >= 15 is 0 Å².